The third-order valence-electron chi connectivity index (χ3n) is 5.26. The Morgan fingerprint density at radius 1 is 0.893 bits per heavy atom. The van der Waals surface area contributed by atoms with E-state index in [9.17, 15) is 0 Å². The van der Waals surface area contributed by atoms with Crippen molar-refractivity contribution < 1.29 is 4.74 Å². The molecular formula is C24H21N3O. The number of pyridine rings is 1. The number of rotatable bonds is 5. The van der Waals surface area contributed by atoms with Crippen LogP contribution in [0.15, 0.2) is 72.9 Å². The summed E-state index contributed by atoms with van der Waals surface area (Å²) in [5, 5.41) is 7.17. The van der Waals surface area contributed by atoms with E-state index >= 15 is 0 Å². The summed E-state index contributed by atoms with van der Waals surface area (Å²) in [5.41, 5.74) is 5.58. The molecule has 2 N–H and O–H groups in total. The lowest BCUT2D eigenvalue weighted by Gasteiger charge is -2.14. The van der Waals surface area contributed by atoms with Crippen LogP contribution in [-0.2, 0) is 6.42 Å². The van der Waals surface area contributed by atoms with E-state index in [-0.39, 0.29) is 0 Å². The second kappa shape index (κ2) is 6.89. The van der Waals surface area contributed by atoms with Crippen molar-refractivity contribution in [2.75, 3.05) is 19.0 Å². The van der Waals surface area contributed by atoms with Gasteiger partial charge in [0, 0.05) is 34.4 Å². The topological polar surface area (TPSA) is 49.9 Å². The van der Waals surface area contributed by atoms with Gasteiger partial charge in [0.1, 0.15) is 5.75 Å². The number of para-hydroxylation sites is 2. The monoisotopic (exact) mass is 367 g/mol. The minimum Gasteiger partial charge on any atom is -0.497 e. The minimum absolute atomic E-state index is 0.835. The van der Waals surface area contributed by atoms with E-state index in [0.717, 1.165) is 46.2 Å². The summed E-state index contributed by atoms with van der Waals surface area (Å²) in [4.78, 5) is 8.17. The molecular weight excluding hydrogens is 346 g/mol. The van der Waals surface area contributed by atoms with Gasteiger partial charge in [-0.3, -0.25) is 0 Å². The molecule has 0 spiro atoms. The Morgan fingerprint density at radius 2 is 1.68 bits per heavy atom. The summed E-state index contributed by atoms with van der Waals surface area (Å²) in [5.74, 6) is 0.837. The number of nitrogens with one attached hydrogen (secondary N) is 2. The van der Waals surface area contributed by atoms with E-state index in [1.807, 2.05) is 18.2 Å². The molecule has 138 valence electrons. The molecule has 0 saturated heterocycles. The summed E-state index contributed by atoms with van der Waals surface area (Å²) in [6.07, 6.45) is 3.05. The highest BCUT2D eigenvalue weighted by Crippen LogP contribution is 2.33. The Balaban J connectivity index is 1.52. The van der Waals surface area contributed by atoms with Gasteiger partial charge in [0.05, 0.1) is 23.8 Å². The molecule has 0 aliphatic carbocycles. The molecule has 0 amide bonds. The van der Waals surface area contributed by atoms with Crippen LogP contribution in [0.2, 0.25) is 0 Å². The average molecular weight is 367 g/mol. The number of aromatic amines is 1. The number of benzene rings is 3. The van der Waals surface area contributed by atoms with Gasteiger partial charge in [0.25, 0.3) is 0 Å². The molecule has 5 rings (SSSR count). The molecule has 0 radical (unpaired) electrons. The van der Waals surface area contributed by atoms with Crippen LogP contribution >= 0.6 is 0 Å². The second-order valence-electron chi connectivity index (χ2n) is 6.92. The normalized spacial score (nSPS) is 11.3. The molecule has 0 unspecified atom stereocenters. The maximum absolute atomic E-state index is 5.44. The van der Waals surface area contributed by atoms with Crippen molar-refractivity contribution in [1.29, 1.82) is 0 Å². The Labute approximate surface area is 163 Å². The van der Waals surface area contributed by atoms with Crippen LogP contribution in [-0.4, -0.2) is 23.6 Å². The number of anilines is 1. The zero-order chi connectivity index (χ0) is 18.9. The summed E-state index contributed by atoms with van der Waals surface area (Å²) in [6, 6.07) is 22.7. The molecule has 2 heterocycles. The predicted octanol–water partition coefficient (Wildman–Crippen LogP) is 5.53. The van der Waals surface area contributed by atoms with Crippen molar-refractivity contribution in [1.82, 2.24) is 9.97 Å². The second-order valence-corrected chi connectivity index (χ2v) is 6.92. The van der Waals surface area contributed by atoms with Gasteiger partial charge in [0.2, 0.25) is 0 Å². The van der Waals surface area contributed by atoms with Gasteiger partial charge in [-0.25, -0.2) is 4.98 Å². The Morgan fingerprint density at radius 3 is 2.57 bits per heavy atom. The first-order valence-electron chi connectivity index (χ1n) is 9.49. The van der Waals surface area contributed by atoms with Crippen LogP contribution in [0.3, 0.4) is 0 Å². The summed E-state index contributed by atoms with van der Waals surface area (Å²) in [7, 11) is 1.69. The molecule has 2 aromatic heterocycles. The number of hydrogen-bond donors (Lipinski definition) is 2. The van der Waals surface area contributed by atoms with E-state index in [0.29, 0.717) is 0 Å². The van der Waals surface area contributed by atoms with Crippen LogP contribution < -0.4 is 10.1 Å². The molecule has 28 heavy (non-hydrogen) atoms. The Kier molecular flexibility index (Phi) is 4.09. The lowest BCUT2D eigenvalue weighted by Crippen LogP contribution is -2.06. The maximum atomic E-state index is 5.44. The van der Waals surface area contributed by atoms with Gasteiger partial charge < -0.3 is 15.0 Å². The number of ether oxygens (including phenoxy) is 1. The molecule has 0 aliphatic heterocycles. The van der Waals surface area contributed by atoms with E-state index in [1.54, 1.807) is 7.11 Å². The van der Waals surface area contributed by atoms with Crippen molar-refractivity contribution >= 4 is 38.4 Å². The molecule has 0 atom stereocenters. The van der Waals surface area contributed by atoms with Crippen molar-refractivity contribution in [3.8, 4) is 5.75 Å². The highest BCUT2D eigenvalue weighted by Gasteiger charge is 2.10. The molecule has 0 saturated carbocycles. The first-order valence-corrected chi connectivity index (χ1v) is 9.49. The van der Waals surface area contributed by atoms with E-state index in [4.69, 9.17) is 9.72 Å². The van der Waals surface area contributed by atoms with Gasteiger partial charge in [0.15, 0.2) is 0 Å². The van der Waals surface area contributed by atoms with E-state index in [2.05, 4.69) is 65.0 Å². The third kappa shape index (κ3) is 2.83. The van der Waals surface area contributed by atoms with Crippen molar-refractivity contribution in [2.24, 2.45) is 0 Å². The number of methoxy groups -OCH3 is 1. The van der Waals surface area contributed by atoms with Crippen molar-refractivity contribution in [3.05, 3.63) is 78.5 Å². The first-order chi connectivity index (χ1) is 13.8. The molecule has 4 heteroatoms. The predicted molar refractivity (Wildman–Crippen MR) is 116 cm³/mol. The van der Waals surface area contributed by atoms with Crippen LogP contribution in [0.1, 0.15) is 5.56 Å². The molecule has 4 nitrogen and oxygen atoms in total. The quantitative estimate of drug-likeness (QED) is 0.401. The van der Waals surface area contributed by atoms with Gasteiger partial charge in [-0.05, 0) is 42.3 Å². The zero-order valence-electron chi connectivity index (χ0n) is 15.7. The van der Waals surface area contributed by atoms with Gasteiger partial charge >= 0.3 is 0 Å². The van der Waals surface area contributed by atoms with Crippen LogP contribution in [0, 0.1) is 0 Å². The lowest BCUT2D eigenvalue weighted by atomic mass is 10.1. The minimum atomic E-state index is 0.835. The average Bonchev–Trinajstić information content (AvgIpc) is 3.16. The largest absolute Gasteiger partial charge is 0.497 e. The standard InChI is InChI=1S/C24H21N3O/c1-28-17-10-11-23-20(14-17)24(19-7-3-5-9-22(19)27-23)25-13-12-16-15-26-21-8-4-2-6-18(16)21/h2-11,14-15,26H,12-13H2,1H3,(H,25,27). The van der Waals surface area contributed by atoms with Crippen molar-refractivity contribution in [2.45, 2.75) is 6.42 Å². The Hall–Kier alpha value is -3.53. The summed E-state index contributed by atoms with van der Waals surface area (Å²) >= 11 is 0. The number of fused-ring (bicyclic) bond motifs is 3. The SMILES string of the molecule is COc1ccc2nc3ccccc3c(NCCc3c[nH]c4ccccc34)c2c1. The third-order valence-corrected chi connectivity index (χ3v) is 5.26. The smallest absolute Gasteiger partial charge is 0.119 e. The fraction of sp³-hybridized carbons (Fsp3) is 0.125. The van der Waals surface area contributed by atoms with Crippen LogP contribution in [0.25, 0.3) is 32.7 Å². The lowest BCUT2D eigenvalue weighted by molar-refractivity contribution is 0.415. The van der Waals surface area contributed by atoms with Crippen molar-refractivity contribution in [3.63, 3.8) is 0 Å². The fourth-order valence-corrected chi connectivity index (χ4v) is 3.85. The molecule has 0 fully saturated rings. The summed E-state index contributed by atoms with van der Waals surface area (Å²) < 4.78 is 5.44. The highest BCUT2D eigenvalue weighted by molar-refractivity contribution is 6.07. The Bertz CT molecular complexity index is 1290. The number of hydrogen-bond acceptors (Lipinski definition) is 3. The van der Waals surface area contributed by atoms with Crippen LogP contribution in [0.5, 0.6) is 5.75 Å². The van der Waals surface area contributed by atoms with Crippen LogP contribution in [0.4, 0.5) is 5.69 Å². The molecule has 5 aromatic rings. The fourth-order valence-electron chi connectivity index (χ4n) is 3.85. The molecule has 0 aliphatic rings. The number of nitrogens with zero attached hydrogens (tertiary/aromatic N) is 1. The van der Waals surface area contributed by atoms with E-state index < -0.39 is 0 Å². The zero-order valence-corrected chi connectivity index (χ0v) is 15.7. The number of aromatic nitrogens is 2. The van der Waals surface area contributed by atoms with Gasteiger partial charge in [-0.1, -0.05) is 36.4 Å². The van der Waals surface area contributed by atoms with E-state index in [1.165, 1.54) is 16.5 Å². The number of H-pyrrole nitrogens is 1. The highest BCUT2D eigenvalue weighted by atomic mass is 16.5. The molecule has 0 bridgehead atoms. The first kappa shape index (κ1) is 16.6. The van der Waals surface area contributed by atoms with Gasteiger partial charge in [-0.15, -0.1) is 0 Å². The molecule has 3 aromatic carbocycles. The summed E-state index contributed by atoms with van der Waals surface area (Å²) in [6.45, 7) is 0.835. The van der Waals surface area contributed by atoms with Gasteiger partial charge in [-0.2, -0.15) is 0 Å². The maximum Gasteiger partial charge on any atom is 0.119 e.